The molecule has 1 aromatic heterocycles. The summed E-state index contributed by atoms with van der Waals surface area (Å²) in [5, 5.41) is 4.55. The standard InChI is InChI=1S/C15H21NO2S/c1-3-14-13(11-16-9-10-19(17)4-2)12-7-5-6-8-15(12)18-14/h5-8,16H,3-4,9-11H2,1-2H3. The fraction of sp³-hybridized carbons (Fsp3) is 0.467. The monoisotopic (exact) mass is 279 g/mol. The van der Waals surface area contributed by atoms with Crippen LogP contribution in [0.3, 0.4) is 0 Å². The van der Waals surface area contributed by atoms with Crippen LogP contribution in [0, 0.1) is 0 Å². The van der Waals surface area contributed by atoms with Crippen LogP contribution in [0.15, 0.2) is 28.7 Å². The minimum atomic E-state index is -0.695. The molecule has 1 heterocycles. The Balaban J connectivity index is 2.05. The summed E-state index contributed by atoms with van der Waals surface area (Å²) in [5.41, 5.74) is 2.19. The lowest BCUT2D eigenvalue weighted by Gasteiger charge is -2.04. The van der Waals surface area contributed by atoms with E-state index in [1.807, 2.05) is 25.1 Å². The molecule has 3 nitrogen and oxygen atoms in total. The fourth-order valence-electron chi connectivity index (χ4n) is 2.17. The first-order valence-electron chi connectivity index (χ1n) is 6.81. The minimum absolute atomic E-state index is 0.695. The zero-order valence-corrected chi connectivity index (χ0v) is 12.4. The van der Waals surface area contributed by atoms with Gasteiger partial charge in [-0.2, -0.15) is 0 Å². The van der Waals surface area contributed by atoms with Gasteiger partial charge in [0.15, 0.2) is 0 Å². The molecule has 2 aromatic rings. The zero-order chi connectivity index (χ0) is 13.7. The van der Waals surface area contributed by atoms with Gasteiger partial charge in [0.1, 0.15) is 11.3 Å². The van der Waals surface area contributed by atoms with Crippen molar-refractivity contribution < 1.29 is 8.63 Å². The van der Waals surface area contributed by atoms with E-state index in [0.29, 0.717) is 5.75 Å². The molecule has 0 amide bonds. The van der Waals surface area contributed by atoms with Crippen molar-refractivity contribution in [2.75, 3.05) is 18.1 Å². The number of nitrogens with one attached hydrogen (secondary N) is 1. The molecule has 0 aliphatic heterocycles. The average Bonchev–Trinajstić information content (AvgIpc) is 2.81. The lowest BCUT2D eigenvalue weighted by atomic mass is 10.1. The molecule has 0 aliphatic rings. The minimum Gasteiger partial charge on any atom is -0.461 e. The van der Waals surface area contributed by atoms with E-state index in [-0.39, 0.29) is 0 Å². The number of rotatable bonds is 7. The average molecular weight is 279 g/mol. The summed E-state index contributed by atoms with van der Waals surface area (Å²) in [7, 11) is -0.695. The Hall–Kier alpha value is -1.13. The highest BCUT2D eigenvalue weighted by Gasteiger charge is 2.11. The van der Waals surface area contributed by atoms with Crippen molar-refractivity contribution in [1.29, 1.82) is 0 Å². The molecule has 1 N–H and O–H groups in total. The summed E-state index contributed by atoms with van der Waals surface area (Å²) in [6, 6.07) is 8.13. The molecule has 1 aromatic carbocycles. The maximum atomic E-state index is 11.4. The first-order valence-corrected chi connectivity index (χ1v) is 8.30. The van der Waals surface area contributed by atoms with Gasteiger partial charge in [-0.1, -0.05) is 32.0 Å². The second-order valence-electron chi connectivity index (χ2n) is 4.46. The van der Waals surface area contributed by atoms with Crippen molar-refractivity contribution in [3.8, 4) is 0 Å². The van der Waals surface area contributed by atoms with E-state index >= 15 is 0 Å². The number of hydrogen-bond donors (Lipinski definition) is 1. The third kappa shape index (κ3) is 3.45. The number of furan rings is 1. The van der Waals surface area contributed by atoms with Crippen LogP contribution in [-0.4, -0.2) is 22.3 Å². The van der Waals surface area contributed by atoms with Crippen LogP contribution in [0.4, 0.5) is 0 Å². The highest BCUT2D eigenvalue weighted by molar-refractivity contribution is 7.84. The number of aryl methyl sites for hydroxylation is 1. The Bertz CT molecular complexity index is 562. The van der Waals surface area contributed by atoms with Gasteiger partial charge in [-0.3, -0.25) is 4.21 Å². The lowest BCUT2D eigenvalue weighted by Crippen LogP contribution is -2.21. The van der Waals surface area contributed by atoms with Gasteiger partial charge in [0, 0.05) is 52.8 Å². The molecule has 104 valence electrons. The largest absolute Gasteiger partial charge is 0.461 e. The van der Waals surface area contributed by atoms with E-state index < -0.39 is 10.8 Å². The number of benzene rings is 1. The predicted octanol–water partition coefficient (Wildman–Crippen LogP) is 2.85. The predicted molar refractivity (Wildman–Crippen MR) is 80.8 cm³/mol. The molecule has 1 unspecified atom stereocenters. The molecule has 0 saturated carbocycles. The maximum absolute atomic E-state index is 11.4. The molecule has 19 heavy (non-hydrogen) atoms. The molecule has 1 atom stereocenters. The normalized spacial score (nSPS) is 12.9. The Morgan fingerprint density at radius 2 is 2.05 bits per heavy atom. The van der Waals surface area contributed by atoms with Crippen LogP contribution in [0.25, 0.3) is 11.0 Å². The van der Waals surface area contributed by atoms with Gasteiger partial charge >= 0.3 is 0 Å². The fourth-order valence-corrected chi connectivity index (χ4v) is 2.83. The topological polar surface area (TPSA) is 42.2 Å². The maximum Gasteiger partial charge on any atom is 0.134 e. The highest BCUT2D eigenvalue weighted by Crippen LogP contribution is 2.25. The van der Waals surface area contributed by atoms with Gasteiger partial charge < -0.3 is 9.73 Å². The Labute approximate surface area is 116 Å². The van der Waals surface area contributed by atoms with Crippen molar-refractivity contribution in [2.24, 2.45) is 0 Å². The second-order valence-corrected chi connectivity index (χ2v) is 6.33. The van der Waals surface area contributed by atoms with Crippen LogP contribution >= 0.6 is 0 Å². The van der Waals surface area contributed by atoms with E-state index in [2.05, 4.69) is 18.3 Å². The summed E-state index contributed by atoms with van der Waals surface area (Å²) >= 11 is 0. The molecule has 2 rings (SSSR count). The van der Waals surface area contributed by atoms with Crippen molar-refractivity contribution >= 4 is 21.8 Å². The van der Waals surface area contributed by atoms with Crippen LogP contribution < -0.4 is 5.32 Å². The van der Waals surface area contributed by atoms with Crippen LogP contribution in [0.5, 0.6) is 0 Å². The van der Waals surface area contributed by atoms with Crippen LogP contribution in [0.1, 0.15) is 25.2 Å². The van der Waals surface area contributed by atoms with E-state index in [9.17, 15) is 4.21 Å². The first-order chi connectivity index (χ1) is 9.26. The SMILES string of the molecule is CCc1oc2ccccc2c1CNCCS(=O)CC. The van der Waals surface area contributed by atoms with Crippen LogP contribution in [-0.2, 0) is 23.8 Å². The van der Waals surface area contributed by atoms with E-state index in [0.717, 1.165) is 36.6 Å². The first kappa shape index (κ1) is 14.3. The summed E-state index contributed by atoms with van der Waals surface area (Å²) < 4.78 is 17.2. The zero-order valence-electron chi connectivity index (χ0n) is 11.6. The second kappa shape index (κ2) is 6.87. The van der Waals surface area contributed by atoms with E-state index in [1.54, 1.807) is 0 Å². The molecule has 4 heteroatoms. The van der Waals surface area contributed by atoms with Crippen molar-refractivity contribution in [3.05, 3.63) is 35.6 Å². The van der Waals surface area contributed by atoms with Gasteiger partial charge in [0.2, 0.25) is 0 Å². The Kier molecular flexibility index (Phi) is 5.16. The molecular weight excluding hydrogens is 258 g/mol. The quantitative estimate of drug-likeness (QED) is 0.792. The van der Waals surface area contributed by atoms with E-state index in [1.165, 1.54) is 10.9 Å². The molecular formula is C15H21NO2S. The summed E-state index contributed by atoms with van der Waals surface area (Å²) in [5.74, 6) is 2.50. The lowest BCUT2D eigenvalue weighted by molar-refractivity contribution is 0.545. The van der Waals surface area contributed by atoms with Gasteiger partial charge in [-0.05, 0) is 6.07 Å². The molecule has 0 bridgehead atoms. The van der Waals surface area contributed by atoms with Gasteiger partial charge in [0.05, 0.1) is 0 Å². The van der Waals surface area contributed by atoms with Gasteiger partial charge in [-0.25, -0.2) is 0 Å². The number of hydrogen-bond acceptors (Lipinski definition) is 3. The molecule has 0 saturated heterocycles. The third-order valence-electron chi connectivity index (χ3n) is 3.23. The summed E-state index contributed by atoms with van der Waals surface area (Å²) in [4.78, 5) is 0. The third-order valence-corrected chi connectivity index (χ3v) is 4.54. The van der Waals surface area contributed by atoms with Gasteiger partial charge in [0.25, 0.3) is 0 Å². The van der Waals surface area contributed by atoms with Gasteiger partial charge in [-0.15, -0.1) is 0 Å². The van der Waals surface area contributed by atoms with Crippen molar-refractivity contribution in [1.82, 2.24) is 5.32 Å². The number of fused-ring (bicyclic) bond motifs is 1. The molecule has 0 spiro atoms. The Morgan fingerprint density at radius 3 is 2.79 bits per heavy atom. The summed E-state index contributed by atoms with van der Waals surface area (Å²) in [6.45, 7) is 5.62. The smallest absolute Gasteiger partial charge is 0.134 e. The van der Waals surface area contributed by atoms with E-state index in [4.69, 9.17) is 4.42 Å². The van der Waals surface area contributed by atoms with Crippen molar-refractivity contribution in [3.63, 3.8) is 0 Å². The summed E-state index contributed by atoms with van der Waals surface area (Å²) in [6.07, 6.45) is 0.895. The molecule has 0 fully saturated rings. The van der Waals surface area contributed by atoms with Crippen molar-refractivity contribution in [2.45, 2.75) is 26.8 Å². The molecule has 0 radical (unpaired) electrons. The highest BCUT2D eigenvalue weighted by atomic mass is 32.2. The molecule has 0 aliphatic carbocycles. The van der Waals surface area contributed by atoms with Crippen LogP contribution in [0.2, 0.25) is 0 Å². The Morgan fingerprint density at radius 1 is 1.26 bits per heavy atom. The number of para-hydroxylation sites is 1.